The molecule has 6 aromatic rings. The number of benzene rings is 6. The van der Waals surface area contributed by atoms with E-state index in [0.29, 0.717) is 65.7 Å². The number of hydrogen-bond acceptors (Lipinski definition) is 18. The number of hydrogen-bond donors (Lipinski definition) is 6. The summed E-state index contributed by atoms with van der Waals surface area (Å²) in [4.78, 5) is 67.0. The maximum Gasteiger partial charge on any atom is 0.338 e. The van der Waals surface area contributed by atoms with Crippen LogP contribution < -0.4 is 0 Å². The van der Waals surface area contributed by atoms with E-state index >= 15 is 0 Å². The fourth-order valence-electron chi connectivity index (χ4n) is 5.20. The van der Waals surface area contributed by atoms with Gasteiger partial charge in [-0.1, -0.05) is 34.1 Å². The van der Waals surface area contributed by atoms with Crippen molar-refractivity contribution < 1.29 is 87.8 Å². The molecule has 18 nitrogen and oxygen atoms in total. The summed E-state index contributed by atoms with van der Waals surface area (Å²) in [6.45, 7) is 14.9. The summed E-state index contributed by atoms with van der Waals surface area (Å²) >= 11 is 0. The van der Waals surface area contributed by atoms with E-state index in [1.807, 2.05) is 27.7 Å². The summed E-state index contributed by atoms with van der Waals surface area (Å²) in [6, 6.07) is 35.8. The lowest BCUT2D eigenvalue weighted by atomic mass is 10.2. The zero-order chi connectivity index (χ0) is 57.7. The van der Waals surface area contributed by atoms with E-state index in [9.17, 15) is 28.8 Å². The van der Waals surface area contributed by atoms with Gasteiger partial charge in [0.15, 0.2) is 0 Å². The zero-order valence-corrected chi connectivity index (χ0v) is 44.5. The molecule has 6 aromatic carbocycles. The smallest absolute Gasteiger partial charge is 0.338 e. The average molecular weight is 1070 g/mol. The Morgan fingerprint density at radius 2 is 0.636 bits per heavy atom. The van der Waals surface area contributed by atoms with E-state index in [2.05, 4.69) is 4.74 Å². The van der Waals surface area contributed by atoms with Crippen molar-refractivity contribution in [2.24, 2.45) is 5.92 Å². The number of phenolic OH excluding ortho intramolecular Hbond substituents is 6. The molecule has 0 spiro atoms. The van der Waals surface area contributed by atoms with Crippen LogP contribution in [0.2, 0.25) is 0 Å². The summed E-state index contributed by atoms with van der Waals surface area (Å²) in [5, 5.41) is 53.7. The Bertz CT molecular complexity index is 2630. The molecule has 414 valence electrons. The van der Waals surface area contributed by atoms with E-state index in [4.69, 9.17) is 54.3 Å². The van der Waals surface area contributed by atoms with Crippen LogP contribution in [0.1, 0.15) is 130 Å². The third-order valence-electron chi connectivity index (χ3n) is 9.14. The van der Waals surface area contributed by atoms with Gasteiger partial charge < -0.3 is 59.1 Å². The van der Waals surface area contributed by atoms with Gasteiger partial charge in [0.25, 0.3) is 0 Å². The highest BCUT2D eigenvalue weighted by molar-refractivity contribution is 5.92. The molecule has 0 fully saturated rings. The summed E-state index contributed by atoms with van der Waals surface area (Å²) in [7, 11) is 1.31. The third kappa shape index (κ3) is 29.4. The van der Waals surface area contributed by atoms with Crippen molar-refractivity contribution in [3.63, 3.8) is 0 Å². The van der Waals surface area contributed by atoms with Gasteiger partial charge in [-0.2, -0.15) is 0 Å². The molecular weight excluding hydrogens is 997 g/mol. The summed E-state index contributed by atoms with van der Waals surface area (Å²) < 4.78 is 29.1. The molecule has 0 unspecified atom stereocenters. The van der Waals surface area contributed by atoms with E-state index in [-0.39, 0.29) is 70.4 Å². The lowest BCUT2D eigenvalue weighted by molar-refractivity contribution is 0.0375. The Hall–Kier alpha value is -9.06. The molecular formula is C59H70O18. The van der Waals surface area contributed by atoms with Crippen LogP contribution in [0.3, 0.4) is 0 Å². The highest BCUT2D eigenvalue weighted by atomic mass is 16.6. The van der Waals surface area contributed by atoms with Crippen molar-refractivity contribution in [1.82, 2.24) is 0 Å². The molecule has 0 saturated carbocycles. The van der Waals surface area contributed by atoms with Gasteiger partial charge in [0.2, 0.25) is 0 Å². The number of unbranched alkanes of at least 4 members (excludes halogenated alkanes) is 1. The fraction of sp³-hybridized carbons (Fsp3) is 0.288. The van der Waals surface area contributed by atoms with Gasteiger partial charge in [-0.25, -0.2) is 28.8 Å². The van der Waals surface area contributed by atoms with Crippen LogP contribution in [-0.2, 0) is 28.4 Å². The fourth-order valence-corrected chi connectivity index (χ4v) is 5.20. The van der Waals surface area contributed by atoms with Gasteiger partial charge in [0.05, 0.1) is 73.0 Å². The van der Waals surface area contributed by atoms with E-state index in [1.165, 1.54) is 141 Å². The van der Waals surface area contributed by atoms with Crippen molar-refractivity contribution in [2.45, 2.75) is 73.8 Å². The summed E-state index contributed by atoms with van der Waals surface area (Å²) in [6.07, 6.45) is 2.57. The monoisotopic (exact) mass is 1070 g/mol. The lowest BCUT2D eigenvalue weighted by Crippen LogP contribution is -2.11. The highest BCUT2D eigenvalue weighted by Crippen LogP contribution is 2.15. The first-order valence-electron chi connectivity index (χ1n) is 24.4. The van der Waals surface area contributed by atoms with Gasteiger partial charge in [0.1, 0.15) is 34.5 Å². The van der Waals surface area contributed by atoms with E-state index < -0.39 is 5.97 Å². The molecule has 0 aliphatic rings. The maximum absolute atomic E-state index is 11.4. The number of phenols is 6. The average Bonchev–Trinajstić information content (AvgIpc) is 3.41. The quantitative estimate of drug-likeness (QED) is 0.0317. The maximum atomic E-state index is 11.4. The predicted octanol–water partition coefficient (Wildman–Crippen LogP) is 11.2. The molecule has 0 radical (unpaired) electrons. The van der Waals surface area contributed by atoms with Gasteiger partial charge in [-0.05, 0) is 185 Å². The number of carbonyl (C=O) groups excluding carboxylic acids is 6. The molecule has 0 aliphatic heterocycles. The first-order chi connectivity index (χ1) is 36.6. The van der Waals surface area contributed by atoms with Crippen LogP contribution in [0.15, 0.2) is 146 Å². The topological polar surface area (TPSA) is 279 Å². The van der Waals surface area contributed by atoms with Crippen molar-refractivity contribution in [2.75, 3.05) is 33.5 Å². The summed E-state index contributed by atoms with van der Waals surface area (Å²) in [5.74, 6) is -0.970. The van der Waals surface area contributed by atoms with Gasteiger partial charge in [0, 0.05) is 0 Å². The molecule has 0 bridgehead atoms. The van der Waals surface area contributed by atoms with Crippen molar-refractivity contribution in [1.29, 1.82) is 0 Å². The molecule has 0 saturated heterocycles. The van der Waals surface area contributed by atoms with Crippen LogP contribution >= 0.6 is 0 Å². The molecule has 0 heterocycles. The minimum absolute atomic E-state index is 0.124. The van der Waals surface area contributed by atoms with Crippen molar-refractivity contribution >= 4 is 35.8 Å². The van der Waals surface area contributed by atoms with Crippen LogP contribution in [0.4, 0.5) is 0 Å². The number of aromatic hydroxyl groups is 6. The number of ether oxygens (including phenoxy) is 6. The minimum atomic E-state index is -0.398. The van der Waals surface area contributed by atoms with Crippen LogP contribution in [0, 0.1) is 5.92 Å². The molecule has 0 aliphatic carbocycles. The molecule has 0 amide bonds. The van der Waals surface area contributed by atoms with Crippen LogP contribution in [-0.4, -0.2) is 106 Å². The minimum Gasteiger partial charge on any atom is -0.508 e. The number of carbonyl (C=O) groups is 6. The normalized spacial score (nSPS) is 9.74. The lowest BCUT2D eigenvalue weighted by Gasteiger charge is -2.07. The van der Waals surface area contributed by atoms with E-state index in [1.54, 1.807) is 32.9 Å². The Balaban J connectivity index is 0.000000463. The Labute approximate surface area is 449 Å². The SMILES string of the molecule is CC(C)COC(=O)c1ccc(O)cc1.CC(C)OC(=O)c1ccc(O)cc1.CCCCOC(=O)c1ccc(O)cc1.CCCOC(=O)c1ccc(O)cc1.CCOC(=O)c1ccc(O)cc1.COC(=O)c1ccc(O)cc1. The molecule has 18 heteroatoms. The third-order valence-corrected chi connectivity index (χ3v) is 9.14. The Kier molecular flexibility index (Phi) is 32.2. The standard InChI is InChI=1S/2C11H14O3.2C10H12O3.C9H10O3.C8H8O3/c1-8(2)7-14-11(13)9-3-5-10(12)6-4-9;1-2-3-8-14-11(13)9-4-6-10(12)7-5-9;1-7(2)13-10(12)8-3-5-9(11)6-4-8;1-2-7-13-10(12)8-3-5-9(11)6-4-8;1-2-12-9(11)7-3-5-8(10)6-4-7;1-11-8(10)6-2-4-7(9)5-3-6/h3-6,8,12H,7H2,1-2H3;4-7,12H,2-3,8H2,1H3;3-7,11H,1-2H3;3-6,11H,2,7H2,1H3;3-6,10H,2H2,1H3;2-5,9H,1H3. The largest absolute Gasteiger partial charge is 0.508 e. The van der Waals surface area contributed by atoms with Crippen LogP contribution in [0.5, 0.6) is 34.5 Å². The summed E-state index contributed by atoms with van der Waals surface area (Å²) in [5.41, 5.74) is 2.74. The number of methoxy groups -OCH3 is 1. The van der Waals surface area contributed by atoms with Gasteiger partial charge in [-0.15, -0.1) is 0 Å². The number of esters is 6. The predicted molar refractivity (Wildman–Crippen MR) is 287 cm³/mol. The molecule has 0 atom stereocenters. The van der Waals surface area contributed by atoms with Gasteiger partial charge >= 0.3 is 35.8 Å². The Morgan fingerprint density at radius 3 is 0.896 bits per heavy atom. The molecule has 6 N–H and O–H groups in total. The highest BCUT2D eigenvalue weighted by Gasteiger charge is 2.10. The Morgan fingerprint density at radius 1 is 0.364 bits per heavy atom. The second kappa shape index (κ2) is 37.6. The van der Waals surface area contributed by atoms with Gasteiger partial charge in [-0.3, -0.25) is 0 Å². The first kappa shape index (κ1) is 66.0. The molecule has 6 rings (SSSR count). The molecule has 77 heavy (non-hydrogen) atoms. The first-order valence-corrected chi connectivity index (χ1v) is 24.4. The molecule has 0 aromatic heterocycles. The van der Waals surface area contributed by atoms with Crippen LogP contribution in [0.25, 0.3) is 0 Å². The van der Waals surface area contributed by atoms with Crippen molar-refractivity contribution in [3.05, 3.63) is 179 Å². The number of rotatable bonds is 15. The second-order valence-corrected chi connectivity index (χ2v) is 16.6. The zero-order valence-electron chi connectivity index (χ0n) is 44.5. The van der Waals surface area contributed by atoms with Crippen molar-refractivity contribution in [3.8, 4) is 34.5 Å². The van der Waals surface area contributed by atoms with E-state index in [0.717, 1.165) is 19.3 Å². The second-order valence-electron chi connectivity index (χ2n) is 16.6.